The smallest absolute Gasteiger partial charge is 0.236 e. The van der Waals surface area contributed by atoms with E-state index in [1.807, 2.05) is 35.6 Å². The van der Waals surface area contributed by atoms with Gasteiger partial charge in [-0.25, -0.2) is 4.98 Å². The predicted molar refractivity (Wildman–Crippen MR) is 86.1 cm³/mol. The van der Waals surface area contributed by atoms with E-state index in [1.54, 1.807) is 13.8 Å². The molecule has 2 heterocycles. The molecule has 0 saturated heterocycles. The van der Waals surface area contributed by atoms with Gasteiger partial charge in [0.15, 0.2) is 11.5 Å². The molecule has 0 aliphatic heterocycles. The van der Waals surface area contributed by atoms with Crippen molar-refractivity contribution >= 4 is 22.5 Å². The van der Waals surface area contributed by atoms with Gasteiger partial charge in [-0.2, -0.15) is 4.98 Å². The molecule has 3 rings (SSSR count). The molecule has 0 amide bonds. The van der Waals surface area contributed by atoms with E-state index < -0.39 is 5.60 Å². The van der Waals surface area contributed by atoms with Gasteiger partial charge in [0.1, 0.15) is 0 Å². The molecule has 116 valence electrons. The molecule has 0 saturated carbocycles. The summed E-state index contributed by atoms with van der Waals surface area (Å²) in [6, 6.07) is 7.71. The number of hydrogen-bond donors (Lipinski definition) is 2. The first-order chi connectivity index (χ1) is 10.4. The van der Waals surface area contributed by atoms with Gasteiger partial charge in [0, 0.05) is 6.42 Å². The summed E-state index contributed by atoms with van der Waals surface area (Å²) >= 11 is 0. The van der Waals surface area contributed by atoms with Crippen LogP contribution in [0.4, 0.5) is 5.82 Å². The molecule has 0 aliphatic carbocycles. The fourth-order valence-electron chi connectivity index (χ4n) is 2.61. The van der Waals surface area contributed by atoms with Gasteiger partial charge in [-0.05, 0) is 32.9 Å². The third-order valence-electron chi connectivity index (χ3n) is 3.41. The molecule has 22 heavy (non-hydrogen) atoms. The summed E-state index contributed by atoms with van der Waals surface area (Å²) < 4.78 is 7.58. The van der Waals surface area contributed by atoms with Crippen LogP contribution in [0.15, 0.2) is 24.3 Å². The Balaban J connectivity index is 2.39. The van der Waals surface area contributed by atoms with Crippen molar-refractivity contribution in [1.82, 2.24) is 14.4 Å². The molecule has 0 radical (unpaired) electrons. The third-order valence-corrected chi connectivity index (χ3v) is 3.41. The van der Waals surface area contributed by atoms with E-state index in [4.69, 9.17) is 10.5 Å². The Labute approximate surface area is 128 Å². The molecule has 0 atom stereocenters. The van der Waals surface area contributed by atoms with Crippen LogP contribution in [0.5, 0.6) is 5.88 Å². The summed E-state index contributed by atoms with van der Waals surface area (Å²) in [5.41, 5.74) is 8.20. The van der Waals surface area contributed by atoms with Gasteiger partial charge in [-0.3, -0.25) is 4.40 Å². The number of rotatable bonds is 4. The van der Waals surface area contributed by atoms with Crippen LogP contribution in [0.25, 0.3) is 16.7 Å². The largest absolute Gasteiger partial charge is 0.477 e. The zero-order chi connectivity index (χ0) is 15.9. The molecule has 0 bridgehead atoms. The van der Waals surface area contributed by atoms with Crippen molar-refractivity contribution in [2.45, 2.75) is 32.8 Å². The quantitative estimate of drug-likeness (QED) is 0.771. The number of aromatic nitrogens is 3. The van der Waals surface area contributed by atoms with Crippen LogP contribution in [0.3, 0.4) is 0 Å². The van der Waals surface area contributed by atoms with Crippen LogP contribution in [0.1, 0.15) is 26.5 Å². The highest BCUT2D eigenvalue weighted by atomic mass is 16.5. The van der Waals surface area contributed by atoms with Crippen LogP contribution in [-0.4, -0.2) is 31.7 Å². The second kappa shape index (κ2) is 5.14. The van der Waals surface area contributed by atoms with E-state index in [0.29, 0.717) is 30.4 Å². The Morgan fingerprint density at radius 3 is 2.68 bits per heavy atom. The van der Waals surface area contributed by atoms with Crippen LogP contribution in [-0.2, 0) is 6.42 Å². The minimum atomic E-state index is -0.888. The van der Waals surface area contributed by atoms with Gasteiger partial charge < -0.3 is 15.6 Å². The number of aliphatic hydroxyl groups is 1. The topological polar surface area (TPSA) is 85.7 Å². The summed E-state index contributed by atoms with van der Waals surface area (Å²) in [5.74, 6) is 0.844. The van der Waals surface area contributed by atoms with Crippen molar-refractivity contribution < 1.29 is 9.84 Å². The first-order valence-electron chi connectivity index (χ1n) is 7.31. The summed E-state index contributed by atoms with van der Waals surface area (Å²) in [5, 5.41) is 10.2. The van der Waals surface area contributed by atoms with Gasteiger partial charge in [0.25, 0.3) is 0 Å². The lowest BCUT2D eigenvalue weighted by atomic mass is 10.0. The minimum absolute atomic E-state index is 0.349. The number of para-hydroxylation sites is 2. The van der Waals surface area contributed by atoms with E-state index in [2.05, 4.69) is 9.97 Å². The van der Waals surface area contributed by atoms with Gasteiger partial charge in [-0.15, -0.1) is 0 Å². The lowest BCUT2D eigenvalue weighted by Gasteiger charge is -2.18. The fourth-order valence-corrected chi connectivity index (χ4v) is 2.61. The number of benzene rings is 1. The van der Waals surface area contributed by atoms with Crippen LogP contribution in [0.2, 0.25) is 0 Å². The second-order valence-electron chi connectivity index (χ2n) is 5.93. The summed E-state index contributed by atoms with van der Waals surface area (Å²) in [6.45, 7) is 5.91. The number of anilines is 1. The molecular weight excluding hydrogens is 280 g/mol. The molecule has 0 unspecified atom stereocenters. The maximum absolute atomic E-state index is 10.2. The summed E-state index contributed by atoms with van der Waals surface area (Å²) in [7, 11) is 0. The van der Waals surface area contributed by atoms with Crippen molar-refractivity contribution in [1.29, 1.82) is 0 Å². The highest BCUT2D eigenvalue weighted by Gasteiger charge is 2.24. The standard InChI is InChI=1S/C16H20N4O2/c1-4-22-15-12(9-16(2,3)21)20-11-8-6-5-7-10(11)18-13(17)14(20)19-15/h5-8,21H,4,9H2,1-3H3,(H2,17,18). The number of imidazole rings is 1. The van der Waals surface area contributed by atoms with Gasteiger partial charge >= 0.3 is 0 Å². The molecule has 3 aromatic rings. The molecular formula is C16H20N4O2. The van der Waals surface area contributed by atoms with Crippen molar-refractivity contribution in [2.75, 3.05) is 12.3 Å². The lowest BCUT2D eigenvalue weighted by Crippen LogP contribution is -2.23. The molecule has 6 heteroatoms. The molecule has 0 spiro atoms. The van der Waals surface area contributed by atoms with E-state index in [-0.39, 0.29) is 0 Å². The Kier molecular flexibility index (Phi) is 3.41. The number of nitrogens with zero attached hydrogens (tertiary/aromatic N) is 3. The zero-order valence-corrected chi connectivity index (χ0v) is 13.0. The molecule has 0 aliphatic rings. The first kappa shape index (κ1) is 14.6. The van der Waals surface area contributed by atoms with Crippen molar-refractivity contribution in [3.8, 4) is 5.88 Å². The highest BCUT2D eigenvalue weighted by molar-refractivity contribution is 5.83. The normalized spacial score (nSPS) is 12.2. The number of hydrogen-bond acceptors (Lipinski definition) is 5. The molecule has 6 nitrogen and oxygen atoms in total. The SMILES string of the molecule is CCOc1nc2c(N)nc3ccccc3n2c1CC(C)(C)O. The van der Waals surface area contributed by atoms with Crippen LogP contribution in [0, 0.1) is 0 Å². The average molecular weight is 300 g/mol. The molecule has 1 aromatic carbocycles. The number of ether oxygens (including phenoxy) is 1. The molecule has 3 N–H and O–H groups in total. The van der Waals surface area contributed by atoms with Crippen LogP contribution < -0.4 is 10.5 Å². The van der Waals surface area contributed by atoms with Crippen molar-refractivity contribution in [3.05, 3.63) is 30.0 Å². The average Bonchev–Trinajstić information content (AvgIpc) is 2.77. The van der Waals surface area contributed by atoms with Gasteiger partial charge in [-0.1, -0.05) is 12.1 Å². The Hall–Kier alpha value is -2.34. The molecule has 2 aromatic heterocycles. The predicted octanol–water partition coefficient (Wildman–Crippen LogP) is 2.18. The first-order valence-corrected chi connectivity index (χ1v) is 7.31. The monoisotopic (exact) mass is 300 g/mol. The van der Waals surface area contributed by atoms with Gasteiger partial charge in [0.2, 0.25) is 5.88 Å². The molecule has 0 fully saturated rings. The Morgan fingerprint density at radius 1 is 1.27 bits per heavy atom. The van der Waals surface area contributed by atoms with E-state index in [1.165, 1.54) is 0 Å². The Morgan fingerprint density at radius 2 is 2.00 bits per heavy atom. The van der Waals surface area contributed by atoms with Crippen LogP contribution >= 0.6 is 0 Å². The van der Waals surface area contributed by atoms with E-state index in [9.17, 15) is 5.11 Å². The van der Waals surface area contributed by atoms with Crippen molar-refractivity contribution in [2.24, 2.45) is 0 Å². The Bertz CT molecular complexity index is 833. The van der Waals surface area contributed by atoms with Gasteiger partial charge in [0.05, 0.1) is 28.9 Å². The number of fused-ring (bicyclic) bond motifs is 3. The lowest BCUT2D eigenvalue weighted by molar-refractivity contribution is 0.0788. The maximum Gasteiger partial charge on any atom is 0.236 e. The van der Waals surface area contributed by atoms with E-state index >= 15 is 0 Å². The summed E-state index contributed by atoms with van der Waals surface area (Å²) in [4.78, 5) is 8.87. The minimum Gasteiger partial charge on any atom is -0.477 e. The zero-order valence-electron chi connectivity index (χ0n) is 13.0. The second-order valence-corrected chi connectivity index (χ2v) is 5.93. The number of nitrogens with two attached hydrogens (primary N) is 1. The highest BCUT2D eigenvalue weighted by Crippen LogP contribution is 2.29. The third kappa shape index (κ3) is 2.46. The number of nitrogen functional groups attached to an aromatic ring is 1. The van der Waals surface area contributed by atoms with E-state index in [0.717, 1.165) is 16.7 Å². The van der Waals surface area contributed by atoms with Crippen molar-refractivity contribution in [3.63, 3.8) is 0 Å². The fraction of sp³-hybridized carbons (Fsp3) is 0.375. The maximum atomic E-state index is 10.2. The summed E-state index contributed by atoms with van der Waals surface area (Å²) in [6.07, 6.45) is 0.400.